The van der Waals surface area contributed by atoms with E-state index in [2.05, 4.69) is 5.32 Å². The molecule has 3 aromatic carbocycles. The zero-order chi connectivity index (χ0) is 24.1. The second kappa shape index (κ2) is 10.6. The van der Waals surface area contributed by atoms with E-state index in [1.54, 1.807) is 18.2 Å². The third kappa shape index (κ3) is 6.16. The zero-order valence-electron chi connectivity index (χ0n) is 18.9. The summed E-state index contributed by atoms with van der Waals surface area (Å²) in [5.74, 6) is 0.288. The largest absolute Gasteiger partial charge is 0.488 e. The Labute approximate surface area is 204 Å². The van der Waals surface area contributed by atoms with Crippen molar-refractivity contribution >= 4 is 40.9 Å². The van der Waals surface area contributed by atoms with Gasteiger partial charge in [0.05, 0.1) is 0 Å². The van der Waals surface area contributed by atoms with Gasteiger partial charge in [0.1, 0.15) is 24.0 Å². The Balaban J connectivity index is 1.80. The molecule has 0 heterocycles. The Morgan fingerprint density at radius 2 is 1.70 bits per heavy atom. The monoisotopic (exact) mass is 478 g/mol. The Morgan fingerprint density at radius 3 is 2.33 bits per heavy atom. The Kier molecular flexibility index (Phi) is 7.81. The molecule has 0 bridgehead atoms. The number of amides is 1. The van der Waals surface area contributed by atoms with E-state index in [0.717, 1.165) is 39.1 Å². The van der Waals surface area contributed by atoms with Crippen molar-refractivity contribution in [3.63, 3.8) is 0 Å². The molecule has 0 unspecified atom stereocenters. The van der Waals surface area contributed by atoms with Crippen LogP contribution < -0.4 is 10.1 Å². The van der Waals surface area contributed by atoms with Crippen LogP contribution >= 0.6 is 23.2 Å². The van der Waals surface area contributed by atoms with Crippen LogP contribution in [-0.4, -0.2) is 5.91 Å². The third-order valence-corrected chi connectivity index (χ3v) is 5.77. The van der Waals surface area contributed by atoms with Crippen LogP contribution in [0.3, 0.4) is 0 Å². The van der Waals surface area contributed by atoms with Crippen LogP contribution in [0.25, 0.3) is 6.08 Å². The quantitative estimate of drug-likeness (QED) is 0.297. The SMILES string of the molecule is Cc1ccc(C)c(NC(=O)/C(C#N)=C/c2cc(C)c(OCc3ccc(Cl)cc3Cl)c(C)c2)c1. The molecule has 0 fully saturated rings. The molecule has 1 N–H and O–H groups in total. The van der Waals surface area contributed by atoms with Crippen LogP contribution in [0.2, 0.25) is 10.0 Å². The molecule has 0 aliphatic carbocycles. The Hall–Kier alpha value is -3.26. The van der Waals surface area contributed by atoms with E-state index < -0.39 is 5.91 Å². The topological polar surface area (TPSA) is 62.1 Å². The molecular formula is C27H24Cl2N2O2. The number of nitriles is 1. The molecule has 0 saturated heterocycles. The molecule has 0 radical (unpaired) electrons. The van der Waals surface area contributed by atoms with Gasteiger partial charge in [-0.2, -0.15) is 5.26 Å². The molecule has 0 aliphatic heterocycles. The maximum Gasteiger partial charge on any atom is 0.266 e. The normalized spacial score (nSPS) is 11.1. The predicted octanol–water partition coefficient (Wildman–Crippen LogP) is 7.35. The van der Waals surface area contributed by atoms with Crippen molar-refractivity contribution in [1.29, 1.82) is 5.26 Å². The Morgan fingerprint density at radius 1 is 1.00 bits per heavy atom. The van der Waals surface area contributed by atoms with E-state index in [4.69, 9.17) is 27.9 Å². The number of aryl methyl sites for hydroxylation is 4. The van der Waals surface area contributed by atoms with Gasteiger partial charge < -0.3 is 10.1 Å². The summed E-state index contributed by atoms with van der Waals surface area (Å²) < 4.78 is 6.02. The third-order valence-electron chi connectivity index (χ3n) is 5.19. The van der Waals surface area contributed by atoms with Crippen LogP contribution in [0.5, 0.6) is 5.75 Å². The van der Waals surface area contributed by atoms with Gasteiger partial charge in [-0.1, -0.05) is 41.4 Å². The van der Waals surface area contributed by atoms with Gasteiger partial charge in [-0.3, -0.25) is 4.79 Å². The van der Waals surface area contributed by atoms with E-state index in [0.29, 0.717) is 22.3 Å². The second-order valence-electron chi connectivity index (χ2n) is 7.95. The van der Waals surface area contributed by atoms with Gasteiger partial charge in [-0.25, -0.2) is 0 Å². The summed E-state index contributed by atoms with van der Waals surface area (Å²) in [6.45, 7) is 8.00. The number of hydrogen-bond donors (Lipinski definition) is 1. The molecule has 0 aliphatic rings. The number of rotatable bonds is 6. The smallest absolute Gasteiger partial charge is 0.266 e. The van der Waals surface area contributed by atoms with Gasteiger partial charge in [0.15, 0.2) is 0 Å². The number of carbonyl (C=O) groups is 1. The Bertz CT molecular complexity index is 1270. The summed E-state index contributed by atoms with van der Waals surface area (Å²) in [6.07, 6.45) is 1.58. The molecule has 3 aromatic rings. The lowest BCUT2D eigenvalue weighted by molar-refractivity contribution is -0.112. The van der Waals surface area contributed by atoms with E-state index >= 15 is 0 Å². The zero-order valence-corrected chi connectivity index (χ0v) is 20.4. The van der Waals surface area contributed by atoms with Crippen molar-refractivity contribution in [1.82, 2.24) is 0 Å². The lowest BCUT2D eigenvalue weighted by Crippen LogP contribution is -2.14. The summed E-state index contributed by atoms with van der Waals surface area (Å²) >= 11 is 12.2. The highest BCUT2D eigenvalue weighted by Crippen LogP contribution is 2.29. The molecule has 33 heavy (non-hydrogen) atoms. The molecule has 3 rings (SSSR count). The lowest BCUT2D eigenvalue weighted by Gasteiger charge is -2.14. The maximum atomic E-state index is 12.7. The van der Waals surface area contributed by atoms with Crippen molar-refractivity contribution in [3.05, 3.63) is 97.5 Å². The number of benzene rings is 3. The van der Waals surface area contributed by atoms with Crippen LogP contribution in [-0.2, 0) is 11.4 Å². The van der Waals surface area contributed by atoms with Gasteiger partial charge >= 0.3 is 0 Å². The fourth-order valence-electron chi connectivity index (χ4n) is 3.46. The lowest BCUT2D eigenvalue weighted by atomic mass is 10.0. The number of nitrogens with zero attached hydrogens (tertiary/aromatic N) is 1. The van der Waals surface area contributed by atoms with Crippen LogP contribution in [0.1, 0.15) is 33.4 Å². The highest BCUT2D eigenvalue weighted by molar-refractivity contribution is 6.35. The summed E-state index contributed by atoms with van der Waals surface area (Å²) in [5, 5.41) is 13.5. The molecule has 168 valence electrons. The predicted molar refractivity (Wildman–Crippen MR) is 135 cm³/mol. The van der Waals surface area contributed by atoms with E-state index in [-0.39, 0.29) is 5.57 Å². The first-order valence-electron chi connectivity index (χ1n) is 10.4. The molecule has 4 nitrogen and oxygen atoms in total. The van der Waals surface area contributed by atoms with Crippen molar-refractivity contribution in [2.24, 2.45) is 0 Å². The molecule has 6 heteroatoms. The minimum atomic E-state index is -0.445. The first-order valence-corrected chi connectivity index (χ1v) is 11.1. The average molecular weight is 479 g/mol. The van der Waals surface area contributed by atoms with E-state index in [9.17, 15) is 10.1 Å². The fraction of sp³-hybridized carbons (Fsp3) is 0.185. The second-order valence-corrected chi connectivity index (χ2v) is 8.79. The van der Waals surface area contributed by atoms with Gasteiger partial charge in [0.2, 0.25) is 0 Å². The molecular weight excluding hydrogens is 455 g/mol. The van der Waals surface area contributed by atoms with Crippen molar-refractivity contribution in [3.8, 4) is 11.8 Å². The number of anilines is 1. The maximum absolute atomic E-state index is 12.7. The molecule has 0 spiro atoms. The van der Waals surface area contributed by atoms with Crippen LogP contribution in [0, 0.1) is 39.0 Å². The summed E-state index contributed by atoms with van der Waals surface area (Å²) in [5.41, 5.74) is 6.03. The minimum Gasteiger partial charge on any atom is -0.488 e. The van der Waals surface area contributed by atoms with Crippen LogP contribution in [0.4, 0.5) is 5.69 Å². The first kappa shape index (κ1) is 24.4. The van der Waals surface area contributed by atoms with Gasteiger partial charge in [-0.15, -0.1) is 0 Å². The van der Waals surface area contributed by atoms with Gasteiger partial charge in [0.25, 0.3) is 5.91 Å². The average Bonchev–Trinajstić information content (AvgIpc) is 2.75. The number of carbonyl (C=O) groups excluding carboxylic acids is 1. The van der Waals surface area contributed by atoms with Gasteiger partial charge in [-0.05, 0) is 91.9 Å². The van der Waals surface area contributed by atoms with Crippen LogP contribution in [0.15, 0.2) is 54.1 Å². The molecule has 1 amide bonds. The van der Waals surface area contributed by atoms with Gasteiger partial charge in [0, 0.05) is 21.3 Å². The number of halogens is 2. The first-order chi connectivity index (χ1) is 15.7. The summed E-state index contributed by atoms with van der Waals surface area (Å²) in [6, 6.07) is 16.9. The van der Waals surface area contributed by atoms with Crippen molar-refractivity contribution < 1.29 is 9.53 Å². The van der Waals surface area contributed by atoms with Crippen molar-refractivity contribution in [2.45, 2.75) is 34.3 Å². The molecule has 0 atom stereocenters. The minimum absolute atomic E-state index is 0.0244. The number of nitrogens with one attached hydrogen (secondary N) is 1. The van der Waals surface area contributed by atoms with Crippen molar-refractivity contribution in [2.75, 3.05) is 5.32 Å². The molecule has 0 saturated carbocycles. The summed E-state index contributed by atoms with van der Waals surface area (Å²) in [4.78, 5) is 12.7. The van der Waals surface area contributed by atoms with E-state index in [1.807, 2.05) is 70.2 Å². The fourth-order valence-corrected chi connectivity index (χ4v) is 3.92. The summed E-state index contributed by atoms with van der Waals surface area (Å²) in [7, 11) is 0. The highest BCUT2D eigenvalue weighted by Gasteiger charge is 2.13. The number of hydrogen-bond acceptors (Lipinski definition) is 3. The number of ether oxygens (including phenoxy) is 1. The highest BCUT2D eigenvalue weighted by atomic mass is 35.5. The molecule has 0 aromatic heterocycles. The standard InChI is InChI=1S/C27H24Cl2N2O2/c1-16-5-6-17(2)25(9-16)31-27(32)22(14-30)12-20-10-18(3)26(19(4)11-20)33-15-21-7-8-23(28)13-24(21)29/h5-13H,15H2,1-4H3,(H,31,32)/b22-12+. The van der Waals surface area contributed by atoms with E-state index in [1.165, 1.54) is 0 Å².